The summed E-state index contributed by atoms with van der Waals surface area (Å²) in [6.45, 7) is -0.227. The van der Waals surface area contributed by atoms with E-state index >= 15 is 0 Å². The highest BCUT2D eigenvalue weighted by atomic mass is 16.3. The minimum Gasteiger partial charge on any atom is -0.507 e. The number of nitrogens with one attached hydrogen (secondary N) is 2. The van der Waals surface area contributed by atoms with Gasteiger partial charge < -0.3 is 10.4 Å². The topological polar surface area (TPSA) is 109 Å². The van der Waals surface area contributed by atoms with E-state index in [0.717, 1.165) is 0 Å². The average Bonchev–Trinajstić information content (AvgIpc) is 3.01. The number of rotatable bonds is 4. The largest absolute Gasteiger partial charge is 0.507 e. The van der Waals surface area contributed by atoms with Crippen LogP contribution in [0.4, 0.5) is 4.79 Å². The van der Waals surface area contributed by atoms with E-state index in [2.05, 4.69) is 20.8 Å². The third-order valence-electron chi connectivity index (χ3n) is 2.47. The minimum absolute atomic E-state index is 0.0592. The Kier molecular flexibility index (Phi) is 4.65. The van der Waals surface area contributed by atoms with Crippen molar-refractivity contribution in [1.29, 1.82) is 0 Å². The number of para-hydroxylation sites is 1. The molecule has 1 aromatic heterocycles. The number of phenols is 1. The maximum absolute atomic E-state index is 11.5. The van der Waals surface area contributed by atoms with Gasteiger partial charge in [-0.15, -0.1) is 0 Å². The van der Waals surface area contributed by atoms with Crippen LogP contribution >= 0.6 is 0 Å². The molecule has 1 aromatic carbocycles. The fourth-order valence-electron chi connectivity index (χ4n) is 1.44. The normalized spacial score (nSPS) is 10.5. The highest BCUT2D eigenvalue weighted by Crippen LogP contribution is 2.12. The van der Waals surface area contributed by atoms with Crippen molar-refractivity contribution in [2.45, 2.75) is 0 Å². The molecule has 3 N–H and O–H groups in total. The fourth-order valence-corrected chi connectivity index (χ4v) is 1.44. The number of hydrazone groups is 1. The second kappa shape index (κ2) is 6.85. The van der Waals surface area contributed by atoms with Crippen molar-refractivity contribution in [3.63, 3.8) is 0 Å². The van der Waals surface area contributed by atoms with Crippen LogP contribution in [0.1, 0.15) is 5.56 Å². The molecule has 2 aromatic rings. The molecule has 0 aliphatic carbocycles. The molecule has 1 heterocycles. The summed E-state index contributed by atoms with van der Waals surface area (Å²) in [5, 5.41) is 15.6. The molecule has 0 bridgehead atoms. The van der Waals surface area contributed by atoms with Crippen LogP contribution in [-0.4, -0.2) is 39.4 Å². The molecule has 8 nitrogen and oxygen atoms in total. The van der Waals surface area contributed by atoms with Crippen molar-refractivity contribution in [3.05, 3.63) is 48.5 Å². The summed E-state index contributed by atoms with van der Waals surface area (Å²) in [5.41, 5.74) is 2.71. The standard InChI is InChI=1S/C13H13N5O3/c19-11-4-2-1-3-10(11)7-16-17-12(20)8-15-13(21)18-6-5-14-9-18/h1-7,9,19H,8H2,(H,15,21)(H,17,20)/b16-7-. The summed E-state index contributed by atoms with van der Waals surface area (Å²) >= 11 is 0. The number of benzene rings is 1. The average molecular weight is 287 g/mol. The molecule has 0 radical (unpaired) electrons. The van der Waals surface area contributed by atoms with Gasteiger partial charge in [-0.1, -0.05) is 12.1 Å². The minimum atomic E-state index is -0.491. The molecule has 21 heavy (non-hydrogen) atoms. The van der Waals surface area contributed by atoms with Crippen LogP contribution in [-0.2, 0) is 4.79 Å². The lowest BCUT2D eigenvalue weighted by Gasteiger charge is -2.03. The van der Waals surface area contributed by atoms with Crippen molar-refractivity contribution in [2.24, 2.45) is 5.10 Å². The fraction of sp³-hybridized carbons (Fsp3) is 0.0769. The van der Waals surface area contributed by atoms with Crippen molar-refractivity contribution >= 4 is 18.2 Å². The van der Waals surface area contributed by atoms with Gasteiger partial charge in [-0.2, -0.15) is 5.10 Å². The van der Waals surface area contributed by atoms with Gasteiger partial charge in [0.2, 0.25) is 0 Å². The molecule has 0 saturated heterocycles. The number of imidazole rings is 1. The summed E-state index contributed by atoms with van der Waals surface area (Å²) in [6, 6.07) is 6.10. The zero-order chi connectivity index (χ0) is 15.1. The summed E-state index contributed by atoms with van der Waals surface area (Å²) in [4.78, 5) is 26.7. The maximum Gasteiger partial charge on any atom is 0.327 e. The summed E-state index contributed by atoms with van der Waals surface area (Å²) in [5.74, 6) is -0.431. The third kappa shape index (κ3) is 4.16. The van der Waals surface area contributed by atoms with Crippen LogP contribution in [0.25, 0.3) is 0 Å². The molecule has 0 aliphatic rings. The number of aromatic nitrogens is 2. The molecular formula is C13H13N5O3. The van der Waals surface area contributed by atoms with Crippen molar-refractivity contribution in [2.75, 3.05) is 6.54 Å². The second-order valence-corrected chi connectivity index (χ2v) is 3.98. The van der Waals surface area contributed by atoms with Crippen LogP contribution in [0.15, 0.2) is 48.1 Å². The molecule has 0 aliphatic heterocycles. The van der Waals surface area contributed by atoms with Gasteiger partial charge in [0.25, 0.3) is 5.91 Å². The number of aromatic hydroxyl groups is 1. The van der Waals surface area contributed by atoms with Gasteiger partial charge in [-0.05, 0) is 12.1 Å². The first-order valence-corrected chi connectivity index (χ1v) is 6.03. The van der Waals surface area contributed by atoms with E-state index in [4.69, 9.17) is 0 Å². The number of amides is 2. The number of carbonyl (C=O) groups excluding carboxylic acids is 2. The van der Waals surface area contributed by atoms with E-state index in [0.29, 0.717) is 5.56 Å². The number of carbonyl (C=O) groups is 2. The monoisotopic (exact) mass is 287 g/mol. The van der Waals surface area contributed by atoms with Gasteiger partial charge >= 0.3 is 6.03 Å². The van der Waals surface area contributed by atoms with E-state index in [1.807, 2.05) is 0 Å². The molecule has 108 valence electrons. The van der Waals surface area contributed by atoms with Crippen LogP contribution in [0.3, 0.4) is 0 Å². The van der Waals surface area contributed by atoms with Crippen LogP contribution in [0.2, 0.25) is 0 Å². The molecular weight excluding hydrogens is 274 g/mol. The molecule has 0 saturated carbocycles. The summed E-state index contributed by atoms with van der Waals surface area (Å²) in [7, 11) is 0. The Morgan fingerprint density at radius 3 is 2.90 bits per heavy atom. The predicted octanol–water partition coefficient (Wildman–Crippen LogP) is 0.297. The lowest BCUT2D eigenvalue weighted by molar-refractivity contribution is -0.120. The molecule has 0 atom stereocenters. The van der Waals surface area contributed by atoms with Crippen LogP contribution in [0.5, 0.6) is 5.75 Å². The third-order valence-corrected chi connectivity index (χ3v) is 2.47. The van der Waals surface area contributed by atoms with Gasteiger partial charge in [0.15, 0.2) is 0 Å². The van der Waals surface area contributed by atoms with Gasteiger partial charge in [-0.25, -0.2) is 15.2 Å². The zero-order valence-corrected chi connectivity index (χ0v) is 10.9. The Labute approximate surface area is 120 Å². The molecule has 0 fully saturated rings. The molecule has 0 unspecified atom stereocenters. The Morgan fingerprint density at radius 1 is 1.38 bits per heavy atom. The second-order valence-electron chi connectivity index (χ2n) is 3.98. The van der Waals surface area contributed by atoms with Crippen molar-refractivity contribution in [1.82, 2.24) is 20.3 Å². The van der Waals surface area contributed by atoms with Crippen molar-refractivity contribution < 1.29 is 14.7 Å². The Bertz CT molecular complexity index is 652. The molecule has 0 spiro atoms. The highest BCUT2D eigenvalue weighted by molar-refractivity contribution is 5.87. The highest BCUT2D eigenvalue weighted by Gasteiger charge is 2.05. The van der Waals surface area contributed by atoms with Gasteiger partial charge in [0.05, 0.1) is 6.21 Å². The van der Waals surface area contributed by atoms with E-state index in [9.17, 15) is 14.7 Å². The zero-order valence-electron chi connectivity index (χ0n) is 10.9. The molecule has 8 heteroatoms. The van der Waals surface area contributed by atoms with E-state index in [-0.39, 0.29) is 12.3 Å². The summed E-state index contributed by atoms with van der Waals surface area (Å²) < 4.78 is 1.21. The first-order valence-electron chi connectivity index (χ1n) is 6.03. The van der Waals surface area contributed by atoms with Crippen molar-refractivity contribution in [3.8, 4) is 5.75 Å². The Morgan fingerprint density at radius 2 is 2.19 bits per heavy atom. The van der Waals surface area contributed by atoms with E-state index in [1.54, 1.807) is 18.2 Å². The van der Waals surface area contributed by atoms with Crippen LogP contribution in [0, 0.1) is 0 Å². The smallest absolute Gasteiger partial charge is 0.327 e. The first kappa shape index (κ1) is 14.3. The quantitative estimate of drug-likeness (QED) is 0.555. The number of hydrogen-bond donors (Lipinski definition) is 3. The SMILES string of the molecule is O=C(CNC(=O)n1ccnc1)N/N=C\c1ccccc1O. The summed E-state index contributed by atoms with van der Waals surface area (Å²) in [6.07, 6.45) is 5.55. The Hall–Kier alpha value is -3.16. The lowest BCUT2D eigenvalue weighted by atomic mass is 10.2. The number of phenolic OH excluding ortho intramolecular Hbond substituents is 1. The van der Waals surface area contributed by atoms with Gasteiger partial charge in [0, 0.05) is 18.0 Å². The number of nitrogens with zero attached hydrogens (tertiary/aromatic N) is 3. The molecule has 2 amide bonds. The number of hydrogen-bond acceptors (Lipinski definition) is 5. The van der Waals surface area contributed by atoms with Gasteiger partial charge in [-0.3, -0.25) is 9.36 Å². The predicted molar refractivity (Wildman–Crippen MR) is 74.9 cm³/mol. The lowest BCUT2D eigenvalue weighted by Crippen LogP contribution is -2.36. The van der Waals surface area contributed by atoms with E-state index in [1.165, 1.54) is 35.6 Å². The maximum atomic E-state index is 11.5. The van der Waals surface area contributed by atoms with E-state index < -0.39 is 11.9 Å². The Balaban J connectivity index is 1.78. The first-order chi connectivity index (χ1) is 10.2. The van der Waals surface area contributed by atoms with Crippen LogP contribution < -0.4 is 10.7 Å². The molecule has 2 rings (SSSR count). The van der Waals surface area contributed by atoms with Gasteiger partial charge in [0.1, 0.15) is 18.6 Å².